The van der Waals surface area contributed by atoms with Gasteiger partial charge in [-0.15, -0.1) is 23.1 Å². The molecule has 6 rings (SSSR count). The second kappa shape index (κ2) is 10.3. The Balaban J connectivity index is 1.33. The number of alkyl halides is 3. The first-order chi connectivity index (χ1) is 18.3. The van der Waals surface area contributed by atoms with Crippen molar-refractivity contribution in [3.63, 3.8) is 0 Å². The number of hydrogen-bond acceptors (Lipinski definition) is 8. The molecule has 1 unspecified atom stereocenters. The molecule has 0 spiro atoms. The van der Waals surface area contributed by atoms with Crippen LogP contribution in [0.4, 0.5) is 30.5 Å². The maximum absolute atomic E-state index is 14.0. The second-order valence-corrected chi connectivity index (χ2v) is 12.5. The van der Waals surface area contributed by atoms with Gasteiger partial charge in [-0.3, -0.25) is 0 Å². The molecule has 3 aromatic rings. The zero-order valence-corrected chi connectivity index (χ0v) is 23.0. The number of nitrogens with one attached hydrogen (secondary N) is 1. The predicted molar refractivity (Wildman–Crippen MR) is 147 cm³/mol. The van der Waals surface area contributed by atoms with Gasteiger partial charge in [-0.05, 0) is 62.6 Å². The van der Waals surface area contributed by atoms with Crippen molar-refractivity contribution >= 4 is 40.4 Å². The molecule has 1 aliphatic carbocycles. The minimum Gasteiger partial charge on any atom is -0.375 e. The molecule has 38 heavy (non-hydrogen) atoms. The molecule has 1 N–H and O–H groups in total. The fourth-order valence-corrected chi connectivity index (χ4v) is 7.40. The number of likely N-dealkylation sites (N-methyl/N-ethyl adjacent to an activating group) is 1. The summed E-state index contributed by atoms with van der Waals surface area (Å²) < 4.78 is 47.5. The van der Waals surface area contributed by atoms with Gasteiger partial charge in [0.2, 0.25) is 5.95 Å². The molecule has 1 saturated carbocycles. The number of nitrogens with zero attached hydrogens (tertiary/aromatic N) is 4. The minimum absolute atomic E-state index is 0.0930. The van der Waals surface area contributed by atoms with Gasteiger partial charge in [0, 0.05) is 58.8 Å². The SMILES string of the molecule is CC1CN(C)CCN1c1ccc(Nc2ncc(C(F)(F)F)c(-c3cc4c(s3)COCCS4)n2)c(C2CC2)c1. The molecule has 202 valence electrons. The Hall–Kier alpha value is -2.34. The van der Waals surface area contributed by atoms with Crippen molar-refractivity contribution in [1.82, 2.24) is 14.9 Å². The lowest BCUT2D eigenvalue weighted by Gasteiger charge is -2.40. The highest BCUT2D eigenvalue weighted by Crippen LogP contribution is 2.46. The molecule has 1 aromatic carbocycles. The third-order valence-electron chi connectivity index (χ3n) is 7.28. The Morgan fingerprint density at radius 3 is 2.76 bits per heavy atom. The molecular weight excluding hydrogens is 531 g/mol. The number of rotatable bonds is 5. The third kappa shape index (κ3) is 5.38. The van der Waals surface area contributed by atoms with Gasteiger partial charge >= 0.3 is 6.18 Å². The number of thioether (sulfide) groups is 1. The van der Waals surface area contributed by atoms with Gasteiger partial charge in [-0.2, -0.15) is 13.2 Å². The lowest BCUT2D eigenvalue weighted by molar-refractivity contribution is -0.137. The van der Waals surface area contributed by atoms with Crippen molar-refractivity contribution in [2.24, 2.45) is 0 Å². The van der Waals surface area contributed by atoms with Crippen LogP contribution in [0, 0.1) is 0 Å². The van der Waals surface area contributed by atoms with Crippen LogP contribution in [-0.4, -0.2) is 60.0 Å². The summed E-state index contributed by atoms with van der Waals surface area (Å²) in [5.74, 6) is 1.39. The summed E-state index contributed by atoms with van der Waals surface area (Å²) in [6.45, 7) is 6.28. The summed E-state index contributed by atoms with van der Waals surface area (Å²) in [5.41, 5.74) is 2.30. The molecule has 0 amide bonds. The Kier molecular flexibility index (Phi) is 7.04. The van der Waals surface area contributed by atoms with Crippen molar-refractivity contribution in [2.75, 3.05) is 49.3 Å². The van der Waals surface area contributed by atoms with Gasteiger partial charge in [0.05, 0.1) is 23.8 Å². The Bertz CT molecular complexity index is 1300. The van der Waals surface area contributed by atoms with Crippen molar-refractivity contribution in [3.8, 4) is 10.6 Å². The highest BCUT2D eigenvalue weighted by atomic mass is 32.2. The number of benzene rings is 1. The zero-order valence-electron chi connectivity index (χ0n) is 21.3. The summed E-state index contributed by atoms with van der Waals surface area (Å²) in [7, 11) is 2.15. The first-order valence-corrected chi connectivity index (χ1v) is 14.7. The van der Waals surface area contributed by atoms with E-state index in [0.717, 1.165) is 59.9 Å². The van der Waals surface area contributed by atoms with Gasteiger partial charge in [-0.1, -0.05) is 0 Å². The van der Waals surface area contributed by atoms with E-state index < -0.39 is 11.7 Å². The van der Waals surface area contributed by atoms with Gasteiger partial charge in [0.25, 0.3) is 0 Å². The Labute approximate surface area is 228 Å². The number of thiophene rings is 1. The first kappa shape index (κ1) is 25.9. The number of fused-ring (bicyclic) bond motifs is 1. The minimum atomic E-state index is -4.56. The molecule has 6 nitrogen and oxygen atoms in total. The lowest BCUT2D eigenvalue weighted by atomic mass is 10.0. The quantitative estimate of drug-likeness (QED) is 0.376. The van der Waals surface area contributed by atoms with Crippen LogP contribution in [0.15, 0.2) is 35.4 Å². The van der Waals surface area contributed by atoms with E-state index in [-0.39, 0.29) is 11.6 Å². The first-order valence-electron chi connectivity index (χ1n) is 12.9. The monoisotopic (exact) mass is 561 g/mol. The van der Waals surface area contributed by atoms with Crippen molar-refractivity contribution in [3.05, 3.63) is 46.5 Å². The number of anilines is 3. The number of piperazine rings is 1. The summed E-state index contributed by atoms with van der Waals surface area (Å²) in [4.78, 5) is 15.7. The van der Waals surface area contributed by atoms with Crippen LogP contribution >= 0.6 is 23.1 Å². The Morgan fingerprint density at radius 1 is 1.16 bits per heavy atom. The van der Waals surface area contributed by atoms with E-state index in [2.05, 4.69) is 51.2 Å². The predicted octanol–water partition coefficient (Wildman–Crippen LogP) is 6.61. The van der Waals surface area contributed by atoms with Crippen molar-refractivity contribution in [2.45, 2.75) is 49.4 Å². The van der Waals surface area contributed by atoms with Crippen LogP contribution in [0.25, 0.3) is 10.6 Å². The van der Waals surface area contributed by atoms with Gasteiger partial charge in [-0.25, -0.2) is 9.97 Å². The highest BCUT2D eigenvalue weighted by Gasteiger charge is 2.36. The molecule has 0 radical (unpaired) electrons. The van der Waals surface area contributed by atoms with E-state index in [1.807, 2.05) is 12.1 Å². The van der Waals surface area contributed by atoms with E-state index >= 15 is 0 Å². The molecule has 2 fully saturated rings. The van der Waals surface area contributed by atoms with Crippen molar-refractivity contribution in [1.29, 1.82) is 0 Å². The topological polar surface area (TPSA) is 53.5 Å². The van der Waals surface area contributed by atoms with Crippen LogP contribution < -0.4 is 10.2 Å². The van der Waals surface area contributed by atoms with E-state index in [1.54, 1.807) is 11.8 Å². The normalized spacial score (nSPS) is 20.8. The van der Waals surface area contributed by atoms with E-state index in [4.69, 9.17) is 4.74 Å². The summed E-state index contributed by atoms with van der Waals surface area (Å²) >= 11 is 2.92. The molecule has 2 aromatic heterocycles. The molecule has 3 aliphatic rings. The number of aromatic nitrogens is 2. The molecule has 4 heterocycles. The summed E-state index contributed by atoms with van der Waals surface area (Å²) in [5, 5.41) is 3.26. The summed E-state index contributed by atoms with van der Waals surface area (Å²) in [6.07, 6.45) is -1.44. The molecule has 11 heteroatoms. The largest absolute Gasteiger partial charge is 0.420 e. The van der Waals surface area contributed by atoms with Crippen LogP contribution in [0.1, 0.15) is 41.7 Å². The fraction of sp³-hybridized carbons (Fsp3) is 0.481. The van der Waals surface area contributed by atoms with Crippen LogP contribution in [0.3, 0.4) is 0 Å². The maximum atomic E-state index is 14.0. The average molecular weight is 562 g/mol. The number of halogens is 3. The van der Waals surface area contributed by atoms with Gasteiger partial charge < -0.3 is 19.9 Å². The van der Waals surface area contributed by atoms with E-state index in [0.29, 0.717) is 30.1 Å². The van der Waals surface area contributed by atoms with Gasteiger partial charge in [0.1, 0.15) is 5.56 Å². The highest BCUT2D eigenvalue weighted by molar-refractivity contribution is 7.99. The maximum Gasteiger partial charge on any atom is 0.420 e. The lowest BCUT2D eigenvalue weighted by Crippen LogP contribution is -2.50. The summed E-state index contributed by atoms with van der Waals surface area (Å²) in [6, 6.07) is 8.57. The van der Waals surface area contributed by atoms with Crippen LogP contribution in [-0.2, 0) is 17.5 Å². The molecule has 1 saturated heterocycles. The molecular formula is C27H30F3N5OS2. The molecule has 2 aliphatic heterocycles. The van der Waals surface area contributed by atoms with E-state index in [1.165, 1.54) is 22.6 Å². The van der Waals surface area contributed by atoms with Crippen LogP contribution in [0.2, 0.25) is 0 Å². The molecule has 0 bridgehead atoms. The number of ether oxygens (including phenoxy) is 1. The standard InChI is InChI=1S/C27H30F3N5OS2/c1-16-14-34(2)7-8-35(16)18-5-6-21(19(11-18)17-3-4-17)32-26-31-13-20(27(28,29)30)25(33-26)23-12-22-24(38-23)15-36-9-10-37-22/h5-6,11-13,16-17H,3-4,7-10,14-15H2,1-2H3,(H,31,32,33). The smallest absolute Gasteiger partial charge is 0.375 e. The number of hydrogen-bond donors (Lipinski definition) is 1. The zero-order chi connectivity index (χ0) is 26.4. The average Bonchev–Trinajstić information content (AvgIpc) is 3.68. The fourth-order valence-electron chi connectivity index (χ4n) is 5.18. The van der Waals surface area contributed by atoms with E-state index in [9.17, 15) is 13.2 Å². The van der Waals surface area contributed by atoms with Gasteiger partial charge in [0.15, 0.2) is 0 Å². The third-order valence-corrected chi connectivity index (χ3v) is 9.57. The van der Waals surface area contributed by atoms with Crippen LogP contribution in [0.5, 0.6) is 0 Å². The van der Waals surface area contributed by atoms with Crippen molar-refractivity contribution < 1.29 is 17.9 Å². The Morgan fingerprint density at radius 2 is 2.00 bits per heavy atom. The molecule has 1 atom stereocenters. The second-order valence-electron chi connectivity index (χ2n) is 10.2.